The van der Waals surface area contributed by atoms with Crippen molar-refractivity contribution in [1.29, 1.82) is 0 Å². The lowest BCUT2D eigenvalue weighted by Gasteiger charge is -2.34. The Hall–Kier alpha value is -6.42. The van der Waals surface area contributed by atoms with Crippen molar-refractivity contribution in [3.05, 3.63) is 206 Å². The largest absolute Gasteiger partial charge is 0.309 e. The van der Waals surface area contributed by atoms with Gasteiger partial charge in [-0.2, -0.15) is 0 Å². The fourth-order valence-corrected chi connectivity index (χ4v) is 14.6. The molecule has 0 amide bonds. The van der Waals surface area contributed by atoms with Gasteiger partial charge in [-0.25, -0.2) is 0 Å². The fourth-order valence-electron chi connectivity index (χ4n) is 9.84. The minimum absolute atomic E-state index is 0.0595. The molecule has 10 aromatic rings. The quantitative estimate of drug-likeness (QED) is 0.113. The van der Waals surface area contributed by atoms with Crippen LogP contribution in [0.15, 0.2) is 200 Å². The lowest BCUT2D eigenvalue weighted by atomic mass is 9.82. The van der Waals surface area contributed by atoms with Crippen LogP contribution in [0.5, 0.6) is 0 Å². The molecule has 274 valence electrons. The van der Waals surface area contributed by atoms with Crippen LogP contribution in [0, 0.1) is 0 Å². The summed E-state index contributed by atoms with van der Waals surface area (Å²) >= 11 is 0. The molecule has 0 spiro atoms. The van der Waals surface area contributed by atoms with Crippen LogP contribution in [-0.4, -0.2) is 17.2 Å². The third-order valence-corrected chi connectivity index (χ3v) is 17.1. The van der Waals surface area contributed by atoms with Crippen LogP contribution >= 0.6 is 0 Å². The zero-order valence-corrected chi connectivity index (χ0v) is 32.5. The summed E-state index contributed by atoms with van der Waals surface area (Å²) in [5.41, 5.74) is 4.11. The van der Waals surface area contributed by atoms with E-state index < -0.39 is 20.2 Å². The normalized spacial score (nSPS) is 15.6. The maximum atomic E-state index is 10.1. The summed E-state index contributed by atoms with van der Waals surface area (Å²) in [6.45, 7) is 0. The topological polar surface area (TPSA) is 9.86 Å². The van der Waals surface area contributed by atoms with Gasteiger partial charge < -0.3 is 9.13 Å². The minimum atomic E-state index is -2.91. The minimum Gasteiger partial charge on any atom is -0.309 e. The summed E-state index contributed by atoms with van der Waals surface area (Å²) < 4.78 is 69.9. The summed E-state index contributed by atoms with van der Waals surface area (Å²) in [6, 6.07) is 52.6. The summed E-state index contributed by atoms with van der Waals surface area (Å²) in [5.74, 6) is 0.401. The first kappa shape index (κ1) is 27.2. The molecule has 0 aliphatic heterocycles. The highest BCUT2D eigenvalue weighted by molar-refractivity contribution is 7.19. The van der Waals surface area contributed by atoms with E-state index in [0.29, 0.717) is 11.6 Å². The van der Waals surface area contributed by atoms with Crippen LogP contribution in [0.2, 0.25) is 0 Å². The molecule has 0 unspecified atom stereocenters. The smallest absolute Gasteiger partial charge is 0.179 e. The highest BCUT2D eigenvalue weighted by Gasteiger charge is 2.41. The third kappa shape index (κ3) is 5.37. The summed E-state index contributed by atoms with van der Waals surface area (Å²) in [7, 11) is -2.91. The first-order valence-electron chi connectivity index (χ1n) is 23.6. The SMILES string of the molecule is [2H]c1c([2H])c([2H])c2c(c1[2H])c1c([2H])c(-n3c4ccccc4c4c(C5CCCCC5)cccc43)c([2H])c([2H])c1n2-c1ccc([Si](c2ccccc2)(c2ccccc2)c2ccccc2)cc1. The van der Waals surface area contributed by atoms with Gasteiger partial charge in [0.15, 0.2) is 8.07 Å². The maximum absolute atomic E-state index is 10.1. The van der Waals surface area contributed by atoms with Gasteiger partial charge in [-0.1, -0.05) is 171 Å². The molecule has 0 atom stereocenters. The van der Waals surface area contributed by atoms with Crippen molar-refractivity contribution in [1.82, 2.24) is 9.13 Å². The summed E-state index contributed by atoms with van der Waals surface area (Å²) in [6.07, 6.45) is 5.82. The lowest BCUT2D eigenvalue weighted by Crippen LogP contribution is -2.74. The Balaban J connectivity index is 1.20. The van der Waals surface area contributed by atoms with Gasteiger partial charge in [0.1, 0.15) is 0 Å². The number of aromatic nitrogens is 2. The lowest BCUT2D eigenvalue weighted by molar-refractivity contribution is 0.445. The van der Waals surface area contributed by atoms with Crippen molar-refractivity contribution in [2.45, 2.75) is 38.0 Å². The predicted octanol–water partition coefficient (Wildman–Crippen LogP) is 11.3. The van der Waals surface area contributed by atoms with Gasteiger partial charge in [-0.05, 0) is 93.5 Å². The van der Waals surface area contributed by atoms with Gasteiger partial charge in [0.05, 0.1) is 31.7 Å². The Bertz CT molecular complexity index is 3340. The number of benzene rings is 8. The van der Waals surface area contributed by atoms with Crippen molar-refractivity contribution in [3.8, 4) is 11.4 Å². The van der Waals surface area contributed by atoms with Crippen LogP contribution in [0.25, 0.3) is 55.0 Å². The number of hydrogen-bond acceptors (Lipinski definition) is 0. The molecule has 2 nitrogen and oxygen atoms in total. The molecular formula is C54H44N2Si. The van der Waals surface area contributed by atoms with Crippen molar-refractivity contribution in [2.75, 3.05) is 0 Å². The molecule has 3 heteroatoms. The van der Waals surface area contributed by atoms with E-state index in [1.54, 1.807) is 4.57 Å². The Morgan fingerprint density at radius 2 is 0.982 bits per heavy atom. The van der Waals surface area contributed by atoms with Crippen LogP contribution in [0.3, 0.4) is 0 Å². The second-order valence-corrected chi connectivity index (χ2v) is 19.1. The van der Waals surface area contributed by atoms with Crippen LogP contribution in [0.4, 0.5) is 0 Å². The van der Waals surface area contributed by atoms with E-state index in [9.17, 15) is 6.85 Å². The van der Waals surface area contributed by atoms with Gasteiger partial charge in [0, 0.05) is 32.9 Å². The molecule has 1 aliphatic carbocycles. The zero-order chi connectivity index (χ0) is 43.9. The predicted molar refractivity (Wildman–Crippen MR) is 245 cm³/mol. The molecule has 57 heavy (non-hydrogen) atoms. The molecule has 8 aromatic carbocycles. The molecule has 2 aromatic heterocycles. The van der Waals surface area contributed by atoms with E-state index in [-0.39, 0.29) is 57.7 Å². The molecule has 1 fully saturated rings. The highest BCUT2D eigenvalue weighted by atomic mass is 28.3. The summed E-state index contributed by atoms with van der Waals surface area (Å²) in [5, 5.41) is 7.24. The van der Waals surface area contributed by atoms with Crippen LogP contribution in [-0.2, 0) is 0 Å². The van der Waals surface area contributed by atoms with Gasteiger partial charge >= 0.3 is 0 Å². The second-order valence-electron chi connectivity index (χ2n) is 15.3. The number of fused-ring (bicyclic) bond motifs is 6. The maximum Gasteiger partial charge on any atom is 0.179 e. The molecule has 1 saturated carbocycles. The van der Waals surface area contributed by atoms with Crippen molar-refractivity contribution in [2.24, 2.45) is 0 Å². The van der Waals surface area contributed by atoms with E-state index in [2.05, 4.69) is 103 Å². The monoisotopic (exact) mass is 755 g/mol. The van der Waals surface area contributed by atoms with E-state index in [1.807, 2.05) is 59.2 Å². The van der Waals surface area contributed by atoms with Crippen molar-refractivity contribution < 1.29 is 9.60 Å². The number of para-hydroxylation sites is 2. The number of rotatable bonds is 7. The van der Waals surface area contributed by atoms with E-state index >= 15 is 0 Å². The number of hydrogen-bond donors (Lipinski definition) is 0. The van der Waals surface area contributed by atoms with Gasteiger partial charge in [0.25, 0.3) is 0 Å². The Morgan fingerprint density at radius 3 is 1.67 bits per heavy atom. The molecule has 0 bridgehead atoms. The van der Waals surface area contributed by atoms with E-state index in [4.69, 9.17) is 2.74 Å². The Morgan fingerprint density at radius 1 is 0.421 bits per heavy atom. The molecular weight excluding hydrogens is 705 g/mol. The highest BCUT2D eigenvalue weighted by Crippen LogP contribution is 2.42. The van der Waals surface area contributed by atoms with E-state index in [0.717, 1.165) is 39.8 Å². The second kappa shape index (κ2) is 13.9. The first-order chi connectivity index (χ1) is 31.2. The fraction of sp³-hybridized carbons (Fsp3) is 0.111. The average molecular weight is 756 g/mol. The third-order valence-electron chi connectivity index (χ3n) is 12.3. The zero-order valence-electron chi connectivity index (χ0n) is 38.5. The van der Waals surface area contributed by atoms with Crippen molar-refractivity contribution in [3.63, 3.8) is 0 Å². The van der Waals surface area contributed by atoms with Gasteiger partial charge in [0.2, 0.25) is 0 Å². The molecule has 1 aliphatic rings. The Kier molecular flexibility index (Phi) is 6.66. The van der Waals surface area contributed by atoms with Gasteiger partial charge in [-0.15, -0.1) is 0 Å². The first-order valence-corrected chi connectivity index (χ1v) is 22.1. The standard InChI is InChI=1S/C54H44N2Si/c1-5-18-39(19-6-1)46-28-17-31-53-54(46)48-27-14-16-30-51(48)56(53)41-34-37-52-49(38-41)47-26-13-15-29-50(47)55(52)40-32-35-45(36-33-40)57(42-20-7-2-8-21-42,43-22-9-3-10-23-43)44-24-11-4-12-25-44/h2-4,7-17,20-39H,1,5-6,18-19H2/i13D,15D,26D,29D,34D,37D,38D. The molecule has 0 saturated heterocycles. The van der Waals surface area contributed by atoms with Crippen LogP contribution < -0.4 is 20.7 Å². The number of nitrogens with zero attached hydrogens (tertiary/aromatic N) is 2. The molecule has 2 heterocycles. The van der Waals surface area contributed by atoms with E-state index in [1.165, 1.54) is 40.4 Å². The Labute approximate surface area is 345 Å². The van der Waals surface area contributed by atoms with Crippen LogP contribution in [0.1, 0.15) is 53.2 Å². The van der Waals surface area contributed by atoms with Crippen molar-refractivity contribution >= 4 is 72.4 Å². The molecule has 11 rings (SSSR count). The summed E-state index contributed by atoms with van der Waals surface area (Å²) in [4.78, 5) is 0. The molecule has 0 N–H and O–H groups in total. The van der Waals surface area contributed by atoms with Gasteiger partial charge in [-0.3, -0.25) is 0 Å². The average Bonchev–Trinajstić information content (AvgIpc) is 3.88. The molecule has 0 radical (unpaired) electrons.